The maximum Gasteiger partial charge on any atom is 0.437 e. The molecule has 1 fully saturated rings. The molecule has 2 N–H and O–H groups in total. The zero-order chi connectivity index (χ0) is 20.6. The molecule has 3 atom stereocenters. The number of nitrogens with zero attached hydrogens (tertiary/aromatic N) is 2. The molecule has 1 heterocycles. The fourth-order valence-electron chi connectivity index (χ4n) is 2.98. The zero-order valence-electron chi connectivity index (χ0n) is 14.2. The number of rotatable bonds is 4. The summed E-state index contributed by atoms with van der Waals surface area (Å²) in [6.45, 7) is 1.04. The lowest BCUT2D eigenvalue weighted by Crippen LogP contribution is -2.73. The lowest BCUT2D eigenvalue weighted by Gasteiger charge is -2.48. The van der Waals surface area contributed by atoms with Crippen molar-refractivity contribution in [2.45, 2.75) is 24.9 Å². The predicted molar refractivity (Wildman–Crippen MR) is 83.3 cm³/mol. The average Bonchev–Trinajstić information content (AvgIpc) is 2.58. The summed E-state index contributed by atoms with van der Waals surface area (Å²) in [5, 5.41) is 23.8. The van der Waals surface area contributed by atoms with Gasteiger partial charge in [0.15, 0.2) is 0 Å². The summed E-state index contributed by atoms with van der Waals surface area (Å²) in [6.07, 6.45) is -5.45. The Bertz CT molecular complexity index is 771. The Labute approximate surface area is 150 Å². The molecule has 0 spiro atoms. The molecule has 148 valence electrons. The maximum atomic E-state index is 13.7. The van der Waals surface area contributed by atoms with Gasteiger partial charge in [0.25, 0.3) is 11.4 Å². The number of carbonyl (C=O) groups is 2. The van der Waals surface area contributed by atoms with E-state index < -0.39 is 46.5 Å². The monoisotopic (exact) mass is 391 g/mol. The highest BCUT2D eigenvalue weighted by Crippen LogP contribution is 2.48. The zero-order valence-corrected chi connectivity index (χ0v) is 14.2. The molecule has 2 amide bonds. The molecular weight excluding hydrogens is 375 g/mol. The maximum absolute atomic E-state index is 13.7. The summed E-state index contributed by atoms with van der Waals surface area (Å²) in [6, 6.07) is 1.46. The number of nitro benzene ring substituents is 1. The van der Waals surface area contributed by atoms with Gasteiger partial charge in [-0.25, -0.2) is 4.79 Å². The number of esters is 1. The van der Waals surface area contributed by atoms with Gasteiger partial charge in [-0.15, -0.1) is 0 Å². The van der Waals surface area contributed by atoms with Crippen LogP contribution in [0.2, 0.25) is 0 Å². The summed E-state index contributed by atoms with van der Waals surface area (Å²) in [5.41, 5.74) is -4.92. The number of urea groups is 1. The van der Waals surface area contributed by atoms with Crippen LogP contribution in [0.5, 0.6) is 0 Å². The quantitative estimate of drug-likeness (QED) is 0.458. The first-order valence-electron chi connectivity index (χ1n) is 7.70. The largest absolute Gasteiger partial charge is 0.466 e. The molecule has 0 radical (unpaired) electrons. The second kappa shape index (κ2) is 7.02. The highest BCUT2D eigenvalue weighted by Gasteiger charge is 2.70. The lowest BCUT2D eigenvalue weighted by molar-refractivity contribution is -0.386. The minimum absolute atomic E-state index is 0.0696. The van der Waals surface area contributed by atoms with Gasteiger partial charge in [0.1, 0.15) is 5.92 Å². The summed E-state index contributed by atoms with van der Waals surface area (Å²) < 4.78 is 45.9. The molecule has 1 aromatic rings. The number of alkyl halides is 3. The van der Waals surface area contributed by atoms with Crippen molar-refractivity contribution >= 4 is 17.7 Å². The van der Waals surface area contributed by atoms with Crippen molar-refractivity contribution in [3.05, 3.63) is 39.9 Å². The molecule has 12 heteroatoms. The average molecular weight is 391 g/mol. The molecule has 0 bridgehead atoms. The first-order chi connectivity index (χ1) is 12.5. The van der Waals surface area contributed by atoms with Gasteiger partial charge in [0.2, 0.25) is 0 Å². The number of aliphatic hydroxyl groups is 1. The topological polar surface area (TPSA) is 122 Å². The number of para-hydroxylation sites is 1. The highest BCUT2D eigenvalue weighted by atomic mass is 19.4. The van der Waals surface area contributed by atoms with E-state index in [9.17, 15) is 38.0 Å². The van der Waals surface area contributed by atoms with Gasteiger partial charge < -0.3 is 15.2 Å². The second-order valence-electron chi connectivity index (χ2n) is 5.76. The SMILES string of the molecule is CCOC(=O)[C@@H]1[C@@H](c2ccccc2[N+](=O)[O-])NC(=O)N(C)[C@]1(O)C(F)(F)F. The molecule has 1 aliphatic rings. The van der Waals surface area contributed by atoms with E-state index in [1.165, 1.54) is 19.1 Å². The number of nitrogens with one attached hydrogen (secondary N) is 1. The van der Waals surface area contributed by atoms with E-state index >= 15 is 0 Å². The van der Waals surface area contributed by atoms with Gasteiger partial charge >= 0.3 is 18.2 Å². The number of amides is 2. The van der Waals surface area contributed by atoms with Crippen LogP contribution in [0.1, 0.15) is 18.5 Å². The van der Waals surface area contributed by atoms with Gasteiger partial charge in [-0.05, 0) is 6.92 Å². The van der Waals surface area contributed by atoms with Crippen molar-refractivity contribution in [3.8, 4) is 0 Å². The first kappa shape index (κ1) is 20.4. The molecule has 9 nitrogen and oxygen atoms in total. The Kier molecular flexibility index (Phi) is 5.31. The van der Waals surface area contributed by atoms with Crippen LogP contribution >= 0.6 is 0 Å². The molecule has 1 aromatic carbocycles. The number of hydrogen-bond donors (Lipinski definition) is 2. The Balaban J connectivity index is 2.73. The van der Waals surface area contributed by atoms with Crippen LogP contribution in [0, 0.1) is 16.0 Å². The van der Waals surface area contributed by atoms with Gasteiger partial charge in [0.05, 0.1) is 23.1 Å². The van der Waals surface area contributed by atoms with Crippen molar-refractivity contribution in [2.24, 2.45) is 5.92 Å². The Morgan fingerprint density at radius 1 is 1.44 bits per heavy atom. The standard InChI is InChI=1S/C15H16F3N3O6/c1-3-27-12(22)10-11(8-6-4-5-7-9(8)21(25)26)19-13(23)20(2)14(10,24)15(16,17)18/h4-7,10-11,24H,3H2,1-2H3,(H,19,23)/t10-,11+,14+/m0/s1. The normalized spacial score (nSPS) is 25.7. The van der Waals surface area contributed by atoms with Crippen LogP contribution in [-0.2, 0) is 9.53 Å². The van der Waals surface area contributed by atoms with Gasteiger partial charge in [-0.2, -0.15) is 13.2 Å². The summed E-state index contributed by atoms with van der Waals surface area (Å²) in [7, 11) is 0.657. The van der Waals surface area contributed by atoms with Crippen molar-refractivity contribution in [2.75, 3.05) is 13.7 Å². The van der Waals surface area contributed by atoms with Crippen molar-refractivity contribution in [1.29, 1.82) is 0 Å². The molecule has 0 aromatic heterocycles. The van der Waals surface area contributed by atoms with Gasteiger partial charge in [0, 0.05) is 13.1 Å². The smallest absolute Gasteiger partial charge is 0.437 e. The number of ether oxygens (including phenoxy) is 1. The number of nitro groups is 1. The third kappa shape index (κ3) is 3.27. The van der Waals surface area contributed by atoms with E-state index in [4.69, 9.17) is 0 Å². The fraction of sp³-hybridized carbons (Fsp3) is 0.467. The minimum atomic E-state index is -5.45. The third-order valence-corrected chi connectivity index (χ3v) is 4.29. The van der Waals surface area contributed by atoms with E-state index in [0.29, 0.717) is 7.05 Å². The van der Waals surface area contributed by atoms with E-state index in [1.807, 2.05) is 0 Å². The molecule has 1 saturated heterocycles. The van der Waals surface area contributed by atoms with E-state index in [0.717, 1.165) is 12.1 Å². The van der Waals surface area contributed by atoms with Gasteiger partial charge in [-0.1, -0.05) is 18.2 Å². The molecule has 27 heavy (non-hydrogen) atoms. The van der Waals surface area contributed by atoms with Crippen LogP contribution in [-0.4, -0.2) is 52.5 Å². The van der Waals surface area contributed by atoms with E-state index in [2.05, 4.69) is 10.1 Å². The van der Waals surface area contributed by atoms with E-state index in [-0.39, 0.29) is 17.1 Å². The molecule has 1 aliphatic heterocycles. The Morgan fingerprint density at radius 3 is 2.56 bits per heavy atom. The molecular formula is C15H16F3N3O6. The summed E-state index contributed by atoms with van der Waals surface area (Å²) in [5.74, 6) is -3.87. The van der Waals surface area contributed by atoms with Crippen LogP contribution in [0.25, 0.3) is 0 Å². The fourth-order valence-corrected chi connectivity index (χ4v) is 2.98. The molecule has 0 saturated carbocycles. The first-order valence-corrected chi connectivity index (χ1v) is 7.70. The number of carbonyl (C=O) groups excluding carboxylic acids is 2. The number of benzene rings is 1. The Morgan fingerprint density at radius 2 is 2.04 bits per heavy atom. The molecule has 0 aliphatic carbocycles. The highest BCUT2D eigenvalue weighted by molar-refractivity contribution is 5.83. The summed E-state index contributed by atoms with van der Waals surface area (Å²) >= 11 is 0. The van der Waals surface area contributed by atoms with Crippen molar-refractivity contribution < 1.29 is 37.5 Å². The molecule has 0 unspecified atom stereocenters. The number of halogens is 3. The molecule has 2 rings (SSSR count). The number of hydrogen-bond acceptors (Lipinski definition) is 6. The second-order valence-corrected chi connectivity index (χ2v) is 5.76. The Hall–Kier alpha value is -2.89. The van der Waals surface area contributed by atoms with Gasteiger partial charge in [-0.3, -0.25) is 19.8 Å². The predicted octanol–water partition coefficient (Wildman–Crippen LogP) is 1.72. The minimum Gasteiger partial charge on any atom is -0.466 e. The van der Waals surface area contributed by atoms with E-state index in [1.54, 1.807) is 0 Å². The van der Waals surface area contributed by atoms with Crippen LogP contribution in [0.3, 0.4) is 0 Å². The van der Waals surface area contributed by atoms with Crippen LogP contribution < -0.4 is 5.32 Å². The lowest BCUT2D eigenvalue weighted by atomic mass is 9.80. The third-order valence-electron chi connectivity index (χ3n) is 4.29. The van der Waals surface area contributed by atoms with Crippen LogP contribution in [0.15, 0.2) is 24.3 Å². The van der Waals surface area contributed by atoms with Crippen molar-refractivity contribution in [1.82, 2.24) is 10.2 Å². The summed E-state index contributed by atoms with van der Waals surface area (Å²) in [4.78, 5) is 34.7. The van der Waals surface area contributed by atoms with Crippen molar-refractivity contribution in [3.63, 3.8) is 0 Å². The van der Waals surface area contributed by atoms with Crippen LogP contribution in [0.4, 0.5) is 23.7 Å².